The minimum absolute atomic E-state index is 0.263. The van der Waals surface area contributed by atoms with Crippen LogP contribution in [0.4, 0.5) is 4.39 Å². The largest absolute Gasteiger partial charge is 0.507 e. The Morgan fingerprint density at radius 1 is 1.24 bits per heavy atom. The number of ether oxygens (including phenoxy) is 1. The number of carbonyl (C=O) groups excluding carboxylic acids is 1. The van der Waals surface area contributed by atoms with Gasteiger partial charge in [-0.3, -0.25) is 4.79 Å². The Hall–Kier alpha value is -2.56. The molecule has 5 heteroatoms. The summed E-state index contributed by atoms with van der Waals surface area (Å²) in [5, 5.41) is 12.4. The Labute approximate surface area is 121 Å². The van der Waals surface area contributed by atoms with Crippen molar-refractivity contribution >= 4 is 5.91 Å². The average Bonchev–Trinajstić information content (AvgIpc) is 2.47. The van der Waals surface area contributed by atoms with Crippen LogP contribution < -0.4 is 10.1 Å². The Balaban J connectivity index is 1.86. The summed E-state index contributed by atoms with van der Waals surface area (Å²) in [5.74, 6) is -1.03. The Kier molecular flexibility index (Phi) is 3.48. The van der Waals surface area contributed by atoms with Gasteiger partial charge in [-0.2, -0.15) is 0 Å². The lowest BCUT2D eigenvalue weighted by atomic mass is 10.00. The van der Waals surface area contributed by atoms with E-state index in [1.54, 1.807) is 0 Å². The van der Waals surface area contributed by atoms with Crippen molar-refractivity contribution in [1.82, 2.24) is 5.32 Å². The Morgan fingerprint density at radius 3 is 2.86 bits per heavy atom. The van der Waals surface area contributed by atoms with Crippen LogP contribution in [-0.4, -0.2) is 17.6 Å². The fourth-order valence-electron chi connectivity index (χ4n) is 2.46. The number of aromatic hydroxyl groups is 1. The second-order valence-corrected chi connectivity index (χ2v) is 4.83. The van der Waals surface area contributed by atoms with Crippen LogP contribution in [0, 0.1) is 5.82 Å². The fraction of sp³-hybridized carbons (Fsp3) is 0.188. The molecule has 3 rings (SSSR count). The second kappa shape index (κ2) is 5.44. The van der Waals surface area contributed by atoms with Gasteiger partial charge in [0.2, 0.25) is 0 Å². The van der Waals surface area contributed by atoms with E-state index < -0.39 is 11.7 Å². The first-order valence-corrected chi connectivity index (χ1v) is 6.67. The topological polar surface area (TPSA) is 58.6 Å². The summed E-state index contributed by atoms with van der Waals surface area (Å²) in [6.07, 6.45) is 0.595. The molecular formula is C16H14FNO3. The number of hydrogen-bond donors (Lipinski definition) is 2. The van der Waals surface area contributed by atoms with Gasteiger partial charge in [-0.25, -0.2) is 4.39 Å². The van der Waals surface area contributed by atoms with E-state index in [-0.39, 0.29) is 17.4 Å². The zero-order chi connectivity index (χ0) is 14.8. The standard InChI is InChI=1S/C16H14FNO3/c17-11-5-3-6-13(19)15(11)16(20)18-12-8-9-21-14-7-2-1-4-10(12)14/h1-7,12,19H,8-9H2,(H,18,20). The van der Waals surface area contributed by atoms with Crippen molar-refractivity contribution in [2.24, 2.45) is 0 Å². The molecule has 0 radical (unpaired) electrons. The third-order valence-electron chi connectivity index (χ3n) is 3.48. The van der Waals surface area contributed by atoms with Crippen molar-refractivity contribution in [3.8, 4) is 11.5 Å². The van der Waals surface area contributed by atoms with Crippen molar-refractivity contribution in [3.63, 3.8) is 0 Å². The molecule has 0 aliphatic carbocycles. The third-order valence-corrected chi connectivity index (χ3v) is 3.48. The highest BCUT2D eigenvalue weighted by Gasteiger charge is 2.25. The highest BCUT2D eigenvalue weighted by Crippen LogP contribution is 2.32. The molecule has 0 bridgehead atoms. The van der Waals surface area contributed by atoms with Crippen molar-refractivity contribution in [3.05, 3.63) is 59.4 Å². The number of halogens is 1. The number of phenols is 1. The predicted molar refractivity (Wildman–Crippen MR) is 74.8 cm³/mol. The molecule has 2 N–H and O–H groups in total. The van der Waals surface area contributed by atoms with Gasteiger partial charge in [-0.05, 0) is 18.2 Å². The molecule has 4 nitrogen and oxygen atoms in total. The molecule has 1 atom stereocenters. The number of rotatable bonds is 2. The lowest BCUT2D eigenvalue weighted by Gasteiger charge is -2.26. The van der Waals surface area contributed by atoms with Crippen molar-refractivity contribution < 1.29 is 19.0 Å². The van der Waals surface area contributed by atoms with E-state index >= 15 is 0 Å². The molecule has 0 spiro atoms. The zero-order valence-corrected chi connectivity index (χ0v) is 11.2. The maximum atomic E-state index is 13.7. The molecule has 0 saturated carbocycles. The van der Waals surface area contributed by atoms with Gasteiger partial charge in [0.15, 0.2) is 0 Å². The van der Waals surface area contributed by atoms with Gasteiger partial charge in [-0.1, -0.05) is 24.3 Å². The molecule has 2 aromatic rings. The summed E-state index contributed by atoms with van der Waals surface area (Å²) in [6, 6.07) is 10.9. The average molecular weight is 287 g/mol. The van der Waals surface area contributed by atoms with Crippen LogP contribution in [0.3, 0.4) is 0 Å². The van der Waals surface area contributed by atoms with E-state index in [0.29, 0.717) is 18.8 Å². The highest BCUT2D eigenvalue weighted by atomic mass is 19.1. The maximum absolute atomic E-state index is 13.7. The van der Waals surface area contributed by atoms with E-state index in [9.17, 15) is 14.3 Å². The molecule has 21 heavy (non-hydrogen) atoms. The summed E-state index contributed by atoms with van der Waals surface area (Å²) in [4.78, 5) is 12.2. The molecular weight excluding hydrogens is 273 g/mol. The zero-order valence-electron chi connectivity index (χ0n) is 11.2. The van der Waals surface area contributed by atoms with Crippen LogP contribution in [0.2, 0.25) is 0 Å². The summed E-state index contributed by atoms with van der Waals surface area (Å²) >= 11 is 0. The van der Waals surface area contributed by atoms with Crippen LogP contribution in [0.15, 0.2) is 42.5 Å². The first-order chi connectivity index (χ1) is 10.2. The lowest BCUT2D eigenvalue weighted by Crippen LogP contribution is -2.32. The quantitative estimate of drug-likeness (QED) is 0.893. The van der Waals surface area contributed by atoms with Gasteiger partial charge in [-0.15, -0.1) is 0 Å². The van der Waals surface area contributed by atoms with Crippen molar-refractivity contribution in [2.75, 3.05) is 6.61 Å². The van der Waals surface area contributed by atoms with Gasteiger partial charge in [0.05, 0.1) is 12.6 Å². The number of hydrogen-bond acceptors (Lipinski definition) is 3. The fourth-order valence-corrected chi connectivity index (χ4v) is 2.46. The van der Waals surface area contributed by atoms with Crippen LogP contribution in [-0.2, 0) is 0 Å². The summed E-state index contributed by atoms with van der Waals surface area (Å²) in [7, 11) is 0. The number of phenolic OH excluding ortho intramolecular Hbond substituents is 1. The molecule has 1 aliphatic rings. The first kappa shape index (κ1) is 13.4. The number of para-hydroxylation sites is 1. The smallest absolute Gasteiger partial charge is 0.258 e. The van der Waals surface area contributed by atoms with Crippen molar-refractivity contribution in [2.45, 2.75) is 12.5 Å². The summed E-state index contributed by atoms with van der Waals surface area (Å²) < 4.78 is 19.2. The van der Waals surface area contributed by atoms with Gasteiger partial charge in [0.25, 0.3) is 5.91 Å². The van der Waals surface area contributed by atoms with E-state index in [2.05, 4.69) is 5.32 Å². The van der Waals surface area contributed by atoms with Gasteiger partial charge in [0.1, 0.15) is 22.9 Å². The second-order valence-electron chi connectivity index (χ2n) is 4.83. The monoisotopic (exact) mass is 287 g/mol. The number of benzene rings is 2. The Morgan fingerprint density at radius 2 is 2.05 bits per heavy atom. The van der Waals surface area contributed by atoms with Crippen molar-refractivity contribution in [1.29, 1.82) is 0 Å². The van der Waals surface area contributed by atoms with Crippen LogP contribution in [0.5, 0.6) is 11.5 Å². The van der Waals surface area contributed by atoms with Gasteiger partial charge < -0.3 is 15.2 Å². The maximum Gasteiger partial charge on any atom is 0.258 e. The minimum Gasteiger partial charge on any atom is -0.507 e. The first-order valence-electron chi connectivity index (χ1n) is 6.67. The molecule has 1 heterocycles. The molecule has 0 saturated heterocycles. The number of nitrogens with one attached hydrogen (secondary N) is 1. The van der Waals surface area contributed by atoms with Crippen LogP contribution in [0.25, 0.3) is 0 Å². The molecule has 0 fully saturated rings. The van der Waals surface area contributed by atoms with Crippen LogP contribution >= 0.6 is 0 Å². The van der Waals surface area contributed by atoms with E-state index in [4.69, 9.17) is 4.74 Å². The molecule has 108 valence electrons. The van der Waals surface area contributed by atoms with E-state index in [1.165, 1.54) is 12.1 Å². The molecule has 1 amide bonds. The van der Waals surface area contributed by atoms with Gasteiger partial charge >= 0.3 is 0 Å². The minimum atomic E-state index is -0.743. The molecule has 2 aromatic carbocycles. The molecule has 0 aromatic heterocycles. The lowest BCUT2D eigenvalue weighted by molar-refractivity contribution is 0.0918. The number of carbonyl (C=O) groups is 1. The number of fused-ring (bicyclic) bond motifs is 1. The van der Waals surface area contributed by atoms with Gasteiger partial charge in [0, 0.05) is 12.0 Å². The summed E-state index contributed by atoms with van der Waals surface area (Å²) in [5.41, 5.74) is 0.523. The molecule has 1 unspecified atom stereocenters. The Bertz CT molecular complexity index is 667. The summed E-state index contributed by atoms with van der Waals surface area (Å²) in [6.45, 7) is 0.477. The highest BCUT2D eigenvalue weighted by molar-refractivity contribution is 5.97. The predicted octanol–water partition coefficient (Wildman–Crippen LogP) is 2.78. The SMILES string of the molecule is O=C(NC1CCOc2ccccc21)c1c(O)cccc1F. The molecule has 1 aliphatic heterocycles. The van der Waals surface area contributed by atoms with E-state index in [0.717, 1.165) is 11.6 Å². The van der Waals surface area contributed by atoms with E-state index in [1.807, 2.05) is 24.3 Å². The third kappa shape index (κ3) is 2.54. The van der Waals surface area contributed by atoms with Crippen LogP contribution in [0.1, 0.15) is 28.4 Å². The normalized spacial score (nSPS) is 16.7. The number of amides is 1.